The van der Waals surface area contributed by atoms with Crippen LogP contribution in [0.25, 0.3) is 16.8 Å². The number of fused-ring (bicyclic) bond motifs is 1. The number of benzene rings is 4. The largest absolute Gasteiger partial charge is 0.449 e. The van der Waals surface area contributed by atoms with Gasteiger partial charge >= 0.3 is 17.8 Å². The van der Waals surface area contributed by atoms with Crippen LogP contribution in [-0.4, -0.2) is 16.8 Å². The molecule has 0 spiro atoms. The molecule has 4 aromatic carbocycles. The lowest BCUT2D eigenvalue weighted by atomic mass is 10.1. The number of esters is 1. The lowest BCUT2D eigenvalue weighted by Crippen LogP contribution is -2.06. The zero-order valence-corrected chi connectivity index (χ0v) is 18.7. The first-order valence-electron chi connectivity index (χ1n) is 10.8. The first kappa shape index (κ1) is 23.7. The number of ether oxygens (including phenoxy) is 2. The Balaban J connectivity index is 1.48. The lowest BCUT2D eigenvalue weighted by Gasteiger charge is -2.11. The van der Waals surface area contributed by atoms with Crippen molar-refractivity contribution in [3.8, 4) is 11.5 Å². The fraction of sp³-hybridized carbons (Fsp3) is 0.0370. The van der Waals surface area contributed by atoms with Crippen molar-refractivity contribution >= 4 is 34.4 Å². The Morgan fingerprint density at radius 1 is 0.892 bits per heavy atom. The molecule has 0 aromatic heterocycles. The van der Waals surface area contributed by atoms with Crippen molar-refractivity contribution in [1.29, 1.82) is 0 Å². The minimum atomic E-state index is -4.75. The SMILES string of the molecule is O=C1OC(c2ccc3ccccc3c2)=N/C1=C\c1ccccc1Oc1ccc(C(F)(F)F)cc1[N+](=O)[O-]. The molecular weight excluding hydrogens is 489 g/mol. The predicted molar refractivity (Wildman–Crippen MR) is 129 cm³/mol. The van der Waals surface area contributed by atoms with Gasteiger partial charge in [-0.15, -0.1) is 0 Å². The van der Waals surface area contributed by atoms with Crippen LogP contribution in [0.15, 0.2) is 95.6 Å². The molecule has 0 bridgehead atoms. The maximum Gasteiger partial charge on any atom is 0.416 e. The van der Waals surface area contributed by atoms with E-state index < -0.39 is 34.1 Å². The van der Waals surface area contributed by atoms with E-state index in [1.54, 1.807) is 24.3 Å². The minimum Gasteiger partial charge on any atom is -0.449 e. The minimum absolute atomic E-state index is 0.0406. The Hall–Kier alpha value is -4.99. The Morgan fingerprint density at radius 2 is 1.62 bits per heavy atom. The van der Waals surface area contributed by atoms with E-state index in [2.05, 4.69) is 4.99 Å². The van der Waals surface area contributed by atoms with E-state index in [0.29, 0.717) is 23.3 Å². The molecule has 0 N–H and O–H groups in total. The molecule has 10 heteroatoms. The lowest BCUT2D eigenvalue weighted by molar-refractivity contribution is -0.385. The van der Waals surface area contributed by atoms with Crippen LogP contribution < -0.4 is 4.74 Å². The third-order valence-corrected chi connectivity index (χ3v) is 5.53. The second-order valence-electron chi connectivity index (χ2n) is 7.98. The number of para-hydroxylation sites is 1. The number of halogens is 3. The number of carbonyl (C=O) groups is 1. The molecule has 0 radical (unpaired) electrons. The number of nitrogens with zero attached hydrogens (tertiary/aromatic N) is 2. The average molecular weight is 504 g/mol. The van der Waals surface area contributed by atoms with Crippen LogP contribution >= 0.6 is 0 Å². The van der Waals surface area contributed by atoms with Gasteiger partial charge in [0.2, 0.25) is 11.6 Å². The van der Waals surface area contributed by atoms with E-state index in [1.165, 1.54) is 12.1 Å². The number of rotatable bonds is 5. The molecule has 0 aliphatic carbocycles. The number of hydrogen-bond donors (Lipinski definition) is 0. The van der Waals surface area contributed by atoms with Gasteiger partial charge in [0.1, 0.15) is 5.75 Å². The summed E-state index contributed by atoms with van der Waals surface area (Å²) in [5.74, 6) is -0.921. The second-order valence-corrected chi connectivity index (χ2v) is 7.98. The number of carbonyl (C=O) groups excluding carboxylic acids is 1. The van der Waals surface area contributed by atoms with Crippen molar-refractivity contribution in [2.45, 2.75) is 6.18 Å². The van der Waals surface area contributed by atoms with Crippen LogP contribution in [0.3, 0.4) is 0 Å². The van der Waals surface area contributed by atoms with Crippen molar-refractivity contribution in [2.24, 2.45) is 4.99 Å². The van der Waals surface area contributed by atoms with Crippen molar-refractivity contribution < 1.29 is 32.4 Å². The molecule has 0 unspecified atom stereocenters. The van der Waals surface area contributed by atoms with E-state index in [1.807, 2.05) is 36.4 Å². The van der Waals surface area contributed by atoms with Gasteiger partial charge in [-0.3, -0.25) is 10.1 Å². The van der Waals surface area contributed by atoms with Gasteiger partial charge < -0.3 is 9.47 Å². The predicted octanol–water partition coefficient (Wildman–Crippen LogP) is 6.90. The average Bonchev–Trinajstić information content (AvgIpc) is 3.24. The highest BCUT2D eigenvalue weighted by Gasteiger charge is 2.33. The van der Waals surface area contributed by atoms with Gasteiger partial charge in [0.25, 0.3) is 0 Å². The smallest absolute Gasteiger partial charge is 0.416 e. The third-order valence-electron chi connectivity index (χ3n) is 5.53. The van der Waals surface area contributed by atoms with Crippen LogP contribution in [-0.2, 0) is 15.7 Å². The molecule has 0 atom stereocenters. The molecule has 184 valence electrons. The first-order valence-corrected chi connectivity index (χ1v) is 10.8. The van der Waals surface area contributed by atoms with E-state index in [0.717, 1.165) is 16.8 Å². The molecule has 0 amide bonds. The molecule has 7 nitrogen and oxygen atoms in total. The summed E-state index contributed by atoms with van der Waals surface area (Å²) in [4.78, 5) is 27.3. The highest BCUT2D eigenvalue weighted by atomic mass is 19.4. The van der Waals surface area contributed by atoms with Crippen LogP contribution in [0, 0.1) is 10.1 Å². The van der Waals surface area contributed by atoms with Gasteiger partial charge in [-0.1, -0.05) is 48.5 Å². The molecule has 4 aromatic rings. The number of alkyl halides is 3. The van der Waals surface area contributed by atoms with Crippen molar-refractivity contribution in [2.75, 3.05) is 0 Å². The quantitative estimate of drug-likeness (QED) is 0.128. The number of cyclic esters (lactones) is 1. The molecule has 1 heterocycles. The highest BCUT2D eigenvalue weighted by Crippen LogP contribution is 2.39. The third kappa shape index (κ3) is 4.90. The first-order chi connectivity index (χ1) is 17.7. The number of aliphatic imine (C=N–C) groups is 1. The van der Waals surface area contributed by atoms with Crippen molar-refractivity contribution in [1.82, 2.24) is 0 Å². The fourth-order valence-electron chi connectivity index (χ4n) is 3.74. The van der Waals surface area contributed by atoms with Crippen LogP contribution in [0.5, 0.6) is 11.5 Å². The standard InChI is InChI=1S/C27H15F3N2O5/c28-27(29,30)20-11-12-24(22(15-20)32(34)35)36-23-8-4-3-7-18(23)14-21-26(33)37-25(31-21)19-10-9-16-5-1-2-6-17(16)13-19/h1-15H/b21-14-. The van der Waals surface area contributed by atoms with Gasteiger partial charge in [0.15, 0.2) is 5.70 Å². The number of hydrogen-bond acceptors (Lipinski definition) is 6. The van der Waals surface area contributed by atoms with Crippen LogP contribution in [0.4, 0.5) is 18.9 Å². The summed E-state index contributed by atoms with van der Waals surface area (Å²) >= 11 is 0. The molecule has 1 aliphatic rings. The summed E-state index contributed by atoms with van der Waals surface area (Å²) in [6, 6.07) is 21.4. The molecular formula is C27H15F3N2O5. The Morgan fingerprint density at radius 3 is 2.38 bits per heavy atom. The number of nitro benzene ring substituents is 1. The summed E-state index contributed by atoms with van der Waals surface area (Å²) in [6.45, 7) is 0. The van der Waals surface area contributed by atoms with Crippen molar-refractivity contribution in [3.63, 3.8) is 0 Å². The van der Waals surface area contributed by atoms with Gasteiger partial charge in [0, 0.05) is 17.2 Å². The van der Waals surface area contributed by atoms with Gasteiger partial charge in [0.05, 0.1) is 10.5 Å². The molecule has 37 heavy (non-hydrogen) atoms. The van der Waals surface area contributed by atoms with E-state index in [9.17, 15) is 28.1 Å². The van der Waals surface area contributed by atoms with E-state index >= 15 is 0 Å². The van der Waals surface area contributed by atoms with Gasteiger partial charge in [-0.05, 0) is 47.2 Å². The topological polar surface area (TPSA) is 91.0 Å². The summed E-state index contributed by atoms with van der Waals surface area (Å²) in [7, 11) is 0. The monoisotopic (exact) mass is 504 g/mol. The zero-order valence-electron chi connectivity index (χ0n) is 18.7. The normalized spacial score (nSPS) is 14.5. The second kappa shape index (κ2) is 9.23. The number of nitro groups is 1. The van der Waals surface area contributed by atoms with Gasteiger partial charge in [-0.2, -0.15) is 13.2 Å². The maximum atomic E-state index is 13.0. The Bertz CT molecular complexity index is 1630. The van der Waals surface area contributed by atoms with Crippen molar-refractivity contribution in [3.05, 3.63) is 117 Å². The summed E-state index contributed by atoms with van der Waals surface area (Å²) in [5, 5.41) is 13.4. The van der Waals surface area contributed by atoms with Gasteiger partial charge in [-0.25, -0.2) is 9.79 Å². The Kier molecular flexibility index (Phi) is 5.92. The molecule has 1 aliphatic heterocycles. The van der Waals surface area contributed by atoms with Crippen LogP contribution in [0.1, 0.15) is 16.7 Å². The molecule has 0 saturated carbocycles. The molecule has 5 rings (SSSR count). The summed E-state index contributed by atoms with van der Waals surface area (Å²) < 4.78 is 50.0. The Labute approximate surface area is 207 Å². The van der Waals surface area contributed by atoms with E-state index in [-0.39, 0.29) is 17.3 Å². The molecule has 0 saturated heterocycles. The highest BCUT2D eigenvalue weighted by molar-refractivity contribution is 6.13. The zero-order chi connectivity index (χ0) is 26.2. The van der Waals surface area contributed by atoms with Crippen LogP contribution in [0.2, 0.25) is 0 Å². The summed E-state index contributed by atoms with van der Waals surface area (Å²) in [5.41, 5.74) is -1.16. The summed E-state index contributed by atoms with van der Waals surface area (Å²) in [6.07, 6.45) is -3.38. The maximum absolute atomic E-state index is 13.0. The molecule has 0 fully saturated rings. The van der Waals surface area contributed by atoms with E-state index in [4.69, 9.17) is 9.47 Å². The fourth-order valence-corrected chi connectivity index (χ4v) is 3.74.